The summed E-state index contributed by atoms with van der Waals surface area (Å²) in [5.41, 5.74) is 0.217. The zero-order valence-electron chi connectivity index (χ0n) is 11.9. The number of methoxy groups -OCH3 is 2. The number of hydrogen-bond acceptors (Lipinski definition) is 6. The molecule has 0 amide bonds. The van der Waals surface area contributed by atoms with Crippen LogP contribution in [0.2, 0.25) is 0 Å². The Morgan fingerprint density at radius 3 is 2.70 bits per heavy atom. The summed E-state index contributed by atoms with van der Waals surface area (Å²) in [6, 6.07) is 4.81. The van der Waals surface area contributed by atoms with Gasteiger partial charge in [-0.15, -0.1) is 0 Å². The number of carbonyl (C=O) groups is 1. The molecule has 0 saturated heterocycles. The Kier molecular flexibility index (Phi) is 7.46. The molecule has 1 rings (SSSR count). The number of ether oxygens (including phenoxy) is 3. The highest BCUT2D eigenvalue weighted by atomic mass is 17.2. The van der Waals surface area contributed by atoms with Gasteiger partial charge in [0.05, 0.1) is 20.8 Å². The highest BCUT2D eigenvalue weighted by Gasteiger charge is 2.16. The minimum atomic E-state index is -0.674. The van der Waals surface area contributed by atoms with Crippen molar-refractivity contribution in [2.24, 2.45) is 0 Å². The largest absolute Gasteiger partial charge is 0.497 e. The first-order valence-corrected chi connectivity index (χ1v) is 6.22. The van der Waals surface area contributed by atoms with Crippen LogP contribution >= 0.6 is 0 Å². The Balaban J connectivity index is 2.49. The van der Waals surface area contributed by atoms with E-state index in [1.54, 1.807) is 12.1 Å². The number of rotatable bonds is 9. The van der Waals surface area contributed by atoms with E-state index in [9.17, 15) is 4.79 Å². The van der Waals surface area contributed by atoms with Crippen LogP contribution in [0.1, 0.15) is 23.7 Å². The van der Waals surface area contributed by atoms with Crippen LogP contribution in [0.4, 0.5) is 0 Å². The van der Waals surface area contributed by atoms with E-state index in [0.717, 1.165) is 6.42 Å². The second-order valence-corrected chi connectivity index (χ2v) is 3.77. The summed E-state index contributed by atoms with van der Waals surface area (Å²) in [6.07, 6.45) is 0.911. The van der Waals surface area contributed by atoms with Crippen LogP contribution in [-0.2, 0) is 14.5 Å². The molecule has 0 aromatic heterocycles. The highest BCUT2D eigenvalue weighted by Crippen LogP contribution is 2.24. The van der Waals surface area contributed by atoms with E-state index in [0.29, 0.717) is 18.1 Å². The van der Waals surface area contributed by atoms with Gasteiger partial charge in [-0.1, -0.05) is 6.92 Å². The fraction of sp³-hybridized carbons (Fsp3) is 0.429. The minimum Gasteiger partial charge on any atom is -0.497 e. The maximum absolute atomic E-state index is 11.8. The molecule has 20 heavy (non-hydrogen) atoms. The molecule has 0 atom stereocenters. The van der Waals surface area contributed by atoms with E-state index in [1.807, 2.05) is 6.92 Å². The van der Waals surface area contributed by atoms with Crippen LogP contribution in [0.25, 0.3) is 0 Å². The average molecular weight is 283 g/mol. The van der Waals surface area contributed by atoms with Crippen LogP contribution in [0.15, 0.2) is 18.2 Å². The van der Waals surface area contributed by atoms with Gasteiger partial charge >= 0.3 is 5.97 Å². The molecule has 0 bridgehead atoms. The molecule has 6 heteroatoms. The lowest BCUT2D eigenvalue weighted by Gasteiger charge is -2.09. The summed E-state index contributed by atoms with van der Waals surface area (Å²) in [5, 5.41) is 0. The van der Waals surface area contributed by atoms with E-state index < -0.39 is 5.97 Å². The van der Waals surface area contributed by atoms with Crippen LogP contribution < -0.4 is 9.47 Å². The molecule has 0 N–H and O–H groups in total. The summed E-state index contributed by atoms with van der Waals surface area (Å²) in [5.74, 6) is 0.224. The summed E-state index contributed by atoms with van der Waals surface area (Å²) < 4.78 is 15.3. The van der Waals surface area contributed by atoms with Crippen molar-refractivity contribution in [1.29, 1.82) is 0 Å². The third kappa shape index (κ3) is 5.07. The molecule has 0 saturated carbocycles. The van der Waals surface area contributed by atoms with Gasteiger partial charge < -0.3 is 14.2 Å². The summed E-state index contributed by atoms with van der Waals surface area (Å²) in [4.78, 5) is 21.2. The first-order chi connectivity index (χ1) is 9.72. The van der Waals surface area contributed by atoms with Gasteiger partial charge in [0.1, 0.15) is 17.1 Å². The van der Waals surface area contributed by atoms with Crippen molar-refractivity contribution in [3.8, 4) is 11.5 Å². The summed E-state index contributed by atoms with van der Waals surface area (Å²) >= 11 is 0. The Bertz CT molecular complexity index is 418. The second kappa shape index (κ2) is 9.17. The van der Waals surface area contributed by atoms with Gasteiger partial charge in [-0.2, -0.15) is 4.89 Å². The predicted molar refractivity (Wildman–Crippen MR) is 71.5 cm³/mol. The fourth-order valence-corrected chi connectivity index (χ4v) is 1.40. The van der Waals surface area contributed by atoms with Crippen molar-refractivity contribution in [1.82, 2.24) is 0 Å². The third-order valence-electron chi connectivity index (χ3n) is 2.35. The normalized spacial score (nSPS) is 10.2. The SMILES string of the molecule is CCCOC[CH]OOC(=O)c1cc(OC)ccc1OC. The summed E-state index contributed by atoms with van der Waals surface area (Å²) in [6.45, 7) is 4.13. The van der Waals surface area contributed by atoms with Crippen LogP contribution in [0.3, 0.4) is 0 Å². The molecule has 0 aliphatic carbocycles. The van der Waals surface area contributed by atoms with E-state index in [2.05, 4.69) is 9.78 Å². The van der Waals surface area contributed by atoms with Gasteiger partial charge in [0.2, 0.25) is 0 Å². The smallest absolute Gasteiger partial charge is 0.376 e. The number of hydrogen-bond donors (Lipinski definition) is 0. The molecule has 0 unspecified atom stereocenters. The fourth-order valence-electron chi connectivity index (χ4n) is 1.40. The van der Waals surface area contributed by atoms with E-state index in [1.165, 1.54) is 26.9 Å². The van der Waals surface area contributed by atoms with Crippen molar-refractivity contribution in [2.45, 2.75) is 13.3 Å². The Morgan fingerprint density at radius 2 is 2.05 bits per heavy atom. The van der Waals surface area contributed by atoms with Crippen molar-refractivity contribution in [2.75, 3.05) is 27.4 Å². The molecule has 0 aliphatic rings. The van der Waals surface area contributed by atoms with Crippen molar-refractivity contribution < 1.29 is 28.8 Å². The maximum Gasteiger partial charge on any atom is 0.376 e. The molecular formula is C14H19O6. The topological polar surface area (TPSA) is 63.2 Å². The molecule has 1 radical (unpaired) electrons. The van der Waals surface area contributed by atoms with E-state index >= 15 is 0 Å². The molecule has 111 valence electrons. The third-order valence-corrected chi connectivity index (χ3v) is 2.35. The number of benzene rings is 1. The van der Waals surface area contributed by atoms with Gasteiger partial charge in [-0.05, 0) is 24.6 Å². The zero-order chi connectivity index (χ0) is 14.8. The second-order valence-electron chi connectivity index (χ2n) is 3.77. The molecule has 0 spiro atoms. The zero-order valence-corrected chi connectivity index (χ0v) is 11.9. The Labute approximate surface area is 118 Å². The van der Waals surface area contributed by atoms with Gasteiger partial charge in [0.15, 0.2) is 6.61 Å². The lowest BCUT2D eigenvalue weighted by molar-refractivity contribution is -0.218. The average Bonchev–Trinajstić information content (AvgIpc) is 2.49. The molecule has 1 aromatic carbocycles. The monoisotopic (exact) mass is 283 g/mol. The van der Waals surface area contributed by atoms with Crippen LogP contribution in [0, 0.1) is 6.61 Å². The summed E-state index contributed by atoms with van der Waals surface area (Å²) in [7, 11) is 2.97. The quantitative estimate of drug-likeness (QED) is 0.394. The van der Waals surface area contributed by atoms with Gasteiger partial charge in [0.25, 0.3) is 0 Å². The lowest BCUT2D eigenvalue weighted by Crippen LogP contribution is -2.09. The molecule has 0 aliphatic heterocycles. The van der Waals surface area contributed by atoms with Gasteiger partial charge in [-0.25, -0.2) is 4.79 Å². The minimum absolute atomic E-state index is 0.217. The first kappa shape index (κ1) is 16.3. The predicted octanol–water partition coefficient (Wildman–Crippen LogP) is 2.38. The lowest BCUT2D eigenvalue weighted by atomic mass is 10.2. The molecule has 1 aromatic rings. The van der Waals surface area contributed by atoms with E-state index in [-0.39, 0.29) is 12.2 Å². The number of carbonyl (C=O) groups excluding carboxylic acids is 1. The van der Waals surface area contributed by atoms with Crippen LogP contribution in [0.5, 0.6) is 11.5 Å². The Morgan fingerprint density at radius 1 is 1.25 bits per heavy atom. The van der Waals surface area contributed by atoms with E-state index in [4.69, 9.17) is 14.2 Å². The molecule has 0 heterocycles. The first-order valence-electron chi connectivity index (χ1n) is 6.22. The van der Waals surface area contributed by atoms with Crippen molar-refractivity contribution >= 4 is 5.97 Å². The highest BCUT2D eigenvalue weighted by molar-refractivity contribution is 5.92. The molecule has 0 fully saturated rings. The Hall–Kier alpha value is -1.79. The van der Waals surface area contributed by atoms with Crippen LogP contribution in [-0.4, -0.2) is 33.4 Å². The van der Waals surface area contributed by atoms with Gasteiger partial charge in [0, 0.05) is 6.61 Å². The maximum atomic E-state index is 11.8. The van der Waals surface area contributed by atoms with Crippen molar-refractivity contribution in [3.05, 3.63) is 30.4 Å². The molecular weight excluding hydrogens is 264 g/mol. The molecule has 6 nitrogen and oxygen atoms in total. The van der Waals surface area contributed by atoms with Crippen molar-refractivity contribution in [3.63, 3.8) is 0 Å². The standard InChI is InChI=1S/C14H19O6/c1-4-7-18-8-9-19-20-14(15)12-10-11(16-2)5-6-13(12)17-3/h5-6,9-10H,4,7-8H2,1-3H3. The van der Waals surface area contributed by atoms with Gasteiger partial charge in [-0.3, -0.25) is 4.89 Å².